The normalized spacial score (nSPS) is 16.6. The number of aromatic nitrogens is 5. The van der Waals surface area contributed by atoms with Crippen molar-refractivity contribution in [2.24, 2.45) is 0 Å². The highest BCUT2D eigenvalue weighted by Crippen LogP contribution is 2.42. The lowest BCUT2D eigenvalue weighted by molar-refractivity contribution is 0.172. The van der Waals surface area contributed by atoms with E-state index in [1.807, 2.05) is 43.7 Å². The van der Waals surface area contributed by atoms with Crippen molar-refractivity contribution in [3.05, 3.63) is 84.0 Å². The van der Waals surface area contributed by atoms with Gasteiger partial charge in [-0.05, 0) is 80.6 Å². The minimum atomic E-state index is -0.286. The van der Waals surface area contributed by atoms with Gasteiger partial charge < -0.3 is 15.5 Å². The van der Waals surface area contributed by atoms with Crippen LogP contribution in [0.2, 0.25) is 0 Å². The number of fused-ring (bicyclic) bond motifs is 2. The average Bonchev–Trinajstić information content (AvgIpc) is 3.54. The Balaban J connectivity index is 1.20. The molecule has 1 aromatic carbocycles. The number of nitrogens with zero attached hydrogens (tertiary/aromatic N) is 6. The summed E-state index contributed by atoms with van der Waals surface area (Å²) in [5.74, 6) is -0.268. The second-order valence-corrected chi connectivity index (χ2v) is 10.9. The zero-order valence-corrected chi connectivity index (χ0v) is 22.4. The van der Waals surface area contributed by atoms with Gasteiger partial charge in [0.05, 0.1) is 23.3 Å². The van der Waals surface area contributed by atoms with Crippen LogP contribution in [0.4, 0.5) is 15.8 Å². The van der Waals surface area contributed by atoms with Crippen molar-refractivity contribution in [3.8, 4) is 22.3 Å². The number of rotatable bonds is 7. The molecule has 5 aromatic rings. The first kappa shape index (κ1) is 24.6. The highest BCUT2D eigenvalue weighted by Gasteiger charge is 2.28. The first-order chi connectivity index (χ1) is 19.5. The van der Waals surface area contributed by atoms with Gasteiger partial charge in [-0.2, -0.15) is 5.10 Å². The standard InChI is InChI=1S/C30H30FN9/c1-39(2)16-18-6-20(9-23(31)8-18)25-14-33-15-26-27(25)36-30(35-26)28-24-10-22(13-34-29(24)38-37-28)21-7-19(11-32-12-21)17-40-4-3-5-40/h6-15,30,35-36H,3-5,16-17H2,1-2H3,(H,34,37,38). The molecule has 9 nitrogen and oxygen atoms in total. The molecule has 4 aromatic heterocycles. The molecule has 2 aliphatic heterocycles. The number of hydrogen-bond acceptors (Lipinski definition) is 8. The Morgan fingerprint density at radius 1 is 0.900 bits per heavy atom. The Labute approximate surface area is 231 Å². The number of nitrogens with one attached hydrogen (secondary N) is 3. The van der Waals surface area contributed by atoms with E-state index >= 15 is 0 Å². The van der Waals surface area contributed by atoms with E-state index in [1.54, 1.807) is 24.5 Å². The van der Waals surface area contributed by atoms with Gasteiger partial charge in [0.2, 0.25) is 0 Å². The molecular weight excluding hydrogens is 505 g/mol. The molecule has 1 fully saturated rings. The molecule has 1 saturated heterocycles. The van der Waals surface area contributed by atoms with Crippen LogP contribution in [0.1, 0.15) is 29.4 Å². The van der Waals surface area contributed by atoms with Crippen LogP contribution in [0.15, 0.2) is 61.3 Å². The Bertz CT molecular complexity index is 1710. The number of hydrogen-bond donors (Lipinski definition) is 3. The van der Waals surface area contributed by atoms with Gasteiger partial charge in [0, 0.05) is 60.0 Å². The summed E-state index contributed by atoms with van der Waals surface area (Å²) >= 11 is 0. The molecule has 0 bridgehead atoms. The topological polar surface area (TPSA) is 97.9 Å². The molecule has 0 spiro atoms. The van der Waals surface area contributed by atoms with Crippen LogP contribution in [0.5, 0.6) is 0 Å². The summed E-state index contributed by atoms with van der Waals surface area (Å²) in [6.07, 6.45) is 10.2. The Hall–Kier alpha value is -4.41. The summed E-state index contributed by atoms with van der Waals surface area (Å²) < 4.78 is 14.6. The summed E-state index contributed by atoms with van der Waals surface area (Å²) in [6.45, 7) is 3.86. The zero-order valence-electron chi connectivity index (χ0n) is 22.4. The fraction of sp³-hybridized carbons (Fsp3) is 0.267. The largest absolute Gasteiger partial charge is 0.358 e. The van der Waals surface area contributed by atoms with Gasteiger partial charge >= 0.3 is 0 Å². The van der Waals surface area contributed by atoms with Gasteiger partial charge in [-0.15, -0.1) is 0 Å². The van der Waals surface area contributed by atoms with Gasteiger partial charge in [-0.3, -0.25) is 20.0 Å². The molecule has 6 heterocycles. The van der Waals surface area contributed by atoms with E-state index in [-0.39, 0.29) is 12.0 Å². The molecule has 10 heteroatoms. The van der Waals surface area contributed by atoms with Crippen LogP contribution < -0.4 is 10.6 Å². The number of pyridine rings is 3. The summed E-state index contributed by atoms with van der Waals surface area (Å²) in [7, 11) is 3.94. The third kappa shape index (κ3) is 4.65. The van der Waals surface area contributed by atoms with Crippen molar-refractivity contribution in [1.29, 1.82) is 0 Å². The summed E-state index contributed by atoms with van der Waals surface area (Å²) in [5.41, 5.74) is 8.95. The molecule has 0 radical (unpaired) electrons. The highest BCUT2D eigenvalue weighted by molar-refractivity contribution is 5.91. The van der Waals surface area contributed by atoms with Crippen LogP contribution in [-0.2, 0) is 13.1 Å². The number of aromatic amines is 1. The van der Waals surface area contributed by atoms with Crippen LogP contribution in [0.25, 0.3) is 33.3 Å². The van der Waals surface area contributed by atoms with Crippen molar-refractivity contribution in [3.63, 3.8) is 0 Å². The number of halogens is 1. The monoisotopic (exact) mass is 535 g/mol. The molecule has 202 valence electrons. The fourth-order valence-electron chi connectivity index (χ4n) is 5.51. The maximum atomic E-state index is 14.6. The summed E-state index contributed by atoms with van der Waals surface area (Å²) in [5, 5.41) is 15.6. The fourth-order valence-corrected chi connectivity index (χ4v) is 5.51. The number of H-pyrrole nitrogens is 1. The van der Waals surface area contributed by atoms with E-state index in [0.29, 0.717) is 12.2 Å². The van der Waals surface area contributed by atoms with Crippen LogP contribution in [0.3, 0.4) is 0 Å². The molecule has 2 aliphatic rings. The van der Waals surface area contributed by atoms with Gasteiger partial charge in [-0.1, -0.05) is 0 Å². The lowest BCUT2D eigenvalue weighted by atomic mass is 10.0. The minimum absolute atomic E-state index is 0.268. The van der Waals surface area contributed by atoms with E-state index < -0.39 is 0 Å². The Morgan fingerprint density at radius 3 is 2.55 bits per heavy atom. The maximum Gasteiger partial charge on any atom is 0.181 e. The van der Waals surface area contributed by atoms with E-state index in [1.165, 1.54) is 12.0 Å². The van der Waals surface area contributed by atoms with Gasteiger partial charge in [0.25, 0.3) is 0 Å². The SMILES string of the molecule is CN(C)Cc1cc(F)cc(-c2cncc3c2NC(c2[nH]nc4ncc(-c5cncc(CN6CCC6)c5)cc24)N3)c1. The molecule has 0 amide bonds. The van der Waals surface area contributed by atoms with Crippen molar-refractivity contribution < 1.29 is 4.39 Å². The summed E-state index contributed by atoms with van der Waals surface area (Å²) in [6, 6.07) is 9.44. The molecule has 0 aliphatic carbocycles. The molecular formula is C30H30FN9. The van der Waals surface area contributed by atoms with Crippen molar-refractivity contribution in [2.75, 3.05) is 37.8 Å². The molecule has 40 heavy (non-hydrogen) atoms. The van der Waals surface area contributed by atoms with Crippen molar-refractivity contribution in [2.45, 2.75) is 25.7 Å². The van der Waals surface area contributed by atoms with Crippen LogP contribution >= 0.6 is 0 Å². The molecule has 0 saturated carbocycles. The van der Waals surface area contributed by atoms with Crippen molar-refractivity contribution in [1.82, 2.24) is 34.9 Å². The smallest absolute Gasteiger partial charge is 0.181 e. The molecule has 3 N–H and O–H groups in total. The van der Waals surface area contributed by atoms with E-state index in [9.17, 15) is 4.39 Å². The minimum Gasteiger partial charge on any atom is -0.358 e. The lowest BCUT2D eigenvalue weighted by Gasteiger charge is -2.30. The first-order valence-corrected chi connectivity index (χ1v) is 13.5. The van der Waals surface area contributed by atoms with Crippen LogP contribution in [0, 0.1) is 5.82 Å². The highest BCUT2D eigenvalue weighted by atomic mass is 19.1. The quantitative estimate of drug-likeness (QED) is 0.267. The average molecular weight is 536 g/mol. The molecule has 7 rings (SSSR count). The summed E-state index contributed by atoms with van der Waals surface area (Å²) in [4.78, 5) is 18.0. The van der Waals surface area contributed by atoms with Gasteiger partial charge in [-0.25, -0.2) is 9.37 Å². The van der Waals surface area contributed by atoms with E-state index in [2.05, 4.69) is 52.8 Å². The zero-order chi connectivity index (χ0) is 27.2. The lowest BCUT2D eigenvalue weighted by Crippen LogP contribution is -2.36. The molecule has 1 unspecified atom stereocenters. The van der Waals surface area contributed by atoms with Gasteiger partial charge in [0.1, 0.15) is 12.0 Å². The van der Waals surface area contributed by atoms with Crippen molar-refractivity contribution >= 4 is 22.4 Å². The molecule has 1 atom stereocenters. The van der Waals surface area contributed by atoms with E-state index in [0.717, 1.165) is 69.9 Å². The first-order valence-electron chi connectivity index (χ1n) is 13.5. The van der Waals surface area contributed by atoms with E-state index in [4.69, 9.17) is 0 Å². The predicted molar refractivity (Wildman–Crippen MR) is 154 cm³/mol. The number of benzene rings is 1. The Morgan fingerprint density at radius 2 is 1.73 bits per heavy atom. The number of likely N-dealkylation sites (tertiary alicyclic amines) is 1. The van der Waals surface area contributed by atoms with Gasteiger partial charge in [0.15, 0.2) is 5.65 Å². The predicted octanol–water partition coefficient (Wildman–Crippen LogP) is 5.02. The number of anilines is 2. The second-order valence-electron chi connectivity index (χ2n) is 10.9. The maximum absolute atomic E-state index is 14.6. The third-order valence-corrected chi connectivity index (χ3v) is 7.51. The Kier molecular flexibility index (Phi) is 6.13. The van der Waals surface area contributed by atoms with Crippen LogP contribution in [-0.4, -0.2) is 62.1 Å². The second kappa shape index (κ2) is 9.96. The third-order valence-electron chi connectivity index (χ3n) is 7.51.